The van der Waals surface area contributed by atoms with E-state index in [1.807, 2.05) is 0 Å². The molecule has 0 bridgehead atoms. The summed E-state index contributed by atoms with van der Waals surface area (Å²) in [6, 6.07) is 6.75. The SMILES string of the molecule is CC(C)CC1COCCN1CC(O)c1ccccc1F. The first-order chi connectivity index (χ1) is 9.58. The van der Waals surface area contributed by atoms with Gasteiger partial charge in [-0.25, -0.2) is 4.39 Å². The van der Waals surface area contributed by atoms with Gasteiger partial charge in [-0.15, -0.1) is 0 Å². The Kier molecular flexibility index (Phi) is 5.52. The van der Waals surface area contributed by atoms with Gasteiger partial charge in [-0.1, -0.05) is 32.0 Å². The Labute approximate surface area is 120 Å². The summed E-state index contributed by atoms with van der Waals surface area (Å²) in [4.78, 5) is 2.22. The van der Waals surface area contributed by atoms with E-state index in [9.17, 15) is 9.50 Å². The van der Waals surface area contributed by atoms with Crippen LogP contribution < -0.4 is 0 Å². The van der Waals surface area contributed by atoms with E-state index in [0.717, 1.165) is 13.0 Å². The first-order valence-electron chi connectivity index (χ1n) is 7.32. The van der Waals surface area contributed by atoms with Crippen LogP contribution in [0.4, 0.5) is 4.39 Å². The third-order valence-corrected chi connectivity index (χ3v) is 3.76. The molecule has 0 amide bonds. The van der Waals surface area contributed by atoms with E-state index in [-0.39, 0.29) is 5.82 Å². The van der Waals surface area contributed by atoms with Crippen molar-refractivity contribution in [2.45, 2.75) is 32.4 Å². The van der Waals surface area contributed by atoms with Gasteiger partial charge < -0.3 is 9.84 Å². The zero-order valence-electron chi connectivity index (χ0n) is 12.3. The molecule has 1 aliphatic rings. The van der Waals surface area contributed by atoms with Crippen LogP contribution in [0.5, 0.6) is 0 Å². The van der Waals surface area contributed by atoms with Gasteiger partial charge in [-0.3, -0.25) is 4.90 Å². The number of hydrogen-bond acceptors (Lipinski definition) is 3. The number of rotatable bonds is 5. The quantitative estimate of drug-likeness (QED) is 0.900. The lowest BCUT2D eigenvalue weighted by Gasteiger charge is -2.37. The molecule has 0 aliphatic carbocycles. The van der Waals surface area contributed by atoms with Crippen molar-refractivity contribution in [2.75, 3.05) is 26.3 Å². The number of hydrogen-bond donors (Lipinski definition) is 1. The normalized spacial score (nSPS) is 22.1. The second-order valence-electron chi connectivity index (χ2n) is 5.89. The first-order valence-corrected chi connectivity index (χ1v) is 7.32. The van der Waals surface area contributed by atoms with Gasteiger partial charge in [0, 0.05) is 24.7 Å². The molecule has 0 radical (unpaired) electrons. The van der Waals surface area contributed by atoms with Gasteiger partial charge in [-0.05, 0) is 18.4 Å². The Morgan fingerprint density at radius 1 is 1.40 bits per heavy atom. The van der Waals surface area contributed by atoms with E-state index in [1.165, 1.54) is 6.07 Å². The molecule has 0 spiro atoms. The second-order valence-corrected chi connectivity index (χ2v) is 5.89. The van der Waals surface area contributed by atoms with E-state index in [2.05, 4.69) is 18.7 Å². The fourth-order valence-electron chi connectivity index (χ4n) is 2.76. The monoisotopic (exact) mass is 281 g/mol. The Morgan fingerprint density at radius 2 is 2.15 bits per heavy atom. The molecule has 4 heteroatoms. The average molecular weight is 281 g/mol. The van der Waals surface area contributed by atoms with Crippen molar-refractivity contribution in [1.29, 1.82) is 0 Å². The Hall–Kier alpha value is -0.970. The molecule has 1 saturated heterocycles. The van der Waals surface area contributed by atoms with Crippen molar-refractivity contribution < 1.29 is 14.2 Å². The molecule has 2 atom stereocenters. The van der Waals surface area contributed by atoms with Crippen molar-refractivity contribution in [3.63, 3.8) is 0 Å². The zero-order valence-corrected chi connectivity index (χ0v) is 12.3. The molecule has 1 heterocycles. The van der Waals surface area contributed by atoms with Gasteiger partial charge in [-0.2, -0.15) is 0 Å². The van der Waals surface area contributed by atoms with E-state index >= 15 is 0 Å². The minimum absolute atomic E-state index is 0.310. The number of β-amino-alcohol motifs (C(OH)–C–C–N with tert-alkyl or cyclic N) is 1. The van der Waals surface area contributed by atoms with E-state index in [0.29, 0.717) is 37.3 Å². The van der Waals surface area contributed by atoms with Gasteiger partial charge in [0.25, 0.3) is 0 Å². The fraction of sp³-hybridized carbons (Fsp3) is 0.625. The number of ether oxygens (including phenoxy) is 1. The molecule has 0 aromatic heterocycles. The summed E-state index contributed by atoms with van der Waals surface area (Å²) in [5.74, 6) is 0.239. The zero-order chi connectivity index (χ0) is 14.5. The van der Waals surface area contributed by atoms with Gasteiger partial charge in [0.05, 0.1) is 19.3 Å². The van der Waals surface area contributed by atoms with E-state index < -0.39 is 6.10 Å². The second kappa shape index (κ2) is 7.16. The molecule has 1 fully saturated rings. The highest BCUT2D eigenvalue weighted by molar-refractivity contribution is 5.20. The largest absolute Gasteiger partial charge is 0.387 e. The summed E-state index contributed by atoms with van der Waals surface area (Å²) in [6.45, 7) is 6.99. The van der Waals surface area contributed by atoms with Crippen LogP contribution in [-0.4, -0.2) is 42.4 Å². The highest BCUT2D eigenvalue weighted by Gasteiger charge is 2.26. The van der Waals surface area contributed by atoms with Crippen LogP contribution in [0, 0.1) is 11.7 Å². The van der Waals surface area contributed by atoms with E-state index in [1.54, 1.807) is 18.2 Å². The molecule has 1 aliphatic heterocycles. The van der Waals surface area contributed by atoms with Gasteiger partial charge in [0.2, 0.25) is 0 Å². The van der Waals surface area contributed by atoms with Crippen molar-refractivity contribution in [3.8, 4) is 0 Å². The van der Waals surface area contributed by atoms with Crippen LogP contribution in [-0.2, 0) is 4.74 Å². The molecule has 3 nitrogen and oxygen atoms in total. The first kappa shape index (κ1) is 15.4. The Morgan fingerprint density at radius 3 is 2.85 bits per heavy atom. The van der Waals surface area contributed by atoms with Gasteiger partial charge in [0.15, 0.2) is 0 Å². The predicted octanol–water partition coefficient (Wildman–Crippen LogP) is 2.61. The van der Waals surface area contributed by atoms with Crippen LogP contribution >= 0.6 is 0 Å². The number of aliphatic hydroxyl groups is 1. The van der Waals surface area contributed by atoms with Gasteiger partial charge in [0.1, 0.15) is 5.82 Å². The molecule has 1 N–H and O–H groups in total. The number of morpholine rings is 1. The van der Waals surface area contributed by atoms with Crippen LogP contribution in [0.1, 0.15) is 31.9 Å². The smallest absolute Gasteiger partial charge is 0.129 e. The lowest BCUT2D eigenvalue weighted by molar-refractivity contribution is -0.0333. The third kappa shape index (κ3) is 4.01. The molecule has 2 rings (SSSR count). The molecule has 0 saturated carbocycles. The summed E-state index contributed by atoms with van der Waals surface area (Å²) in [5, 5.41) is 10.3. The van der Waals surface area contributed by atoms with Crippen LogP contribution in [0.2, 0.25) is 0 Å². The van der Waals surface area contributed by atoms with E-state index in [4.69, 9.17) is 4.74 Å². The lowest BCUT2D eigenvalue weighted by atomic mass is 10.0. The summed E-state index contributed by atoms with van der Waals surface area (Å²) >= 11 is 0. The van der Waals surface area contributed by atoms with Crippen LogP contribution in [0.25, 0.3) is 0 Å². The maximum atomic E-state index is 13.7. The molecule has 20 heavy (non-hydrogen) atoms. The molecule has 1 aromatic rings. The molecule has 1 aromatic carbocycles. The minimum atomic E-state index is -0.788. The van der Waals surface area contributed by atoms with Crippen molar-refractivity contribution >= 4 is 0 Å². The molecule has 2 unspecified atom stereocenters. The molecular weight excluding hydrogens is 257 g/mol. The summed E-state index contributed by atoms with van der Waals surface area (Å²) < 4.78 is 19.2. The van der Waals surface area contributed by atoms with Crippen LogP contribution in [0.15, 0.2) is 24.3 Å². The number of benzene rings is 1. The van der Waals surface area contributed by atoms with Crippen LogP contribution in [0.3, 0.4) is 0 Å². The summed E-state index contributed by atoms with van der Waals surface area (Å²) in [6.07, 6.45) is 0.244. The minimum Gasteiger partial charge on any atom is -0.387 e. The highest BCUT2D eigenvalue weighted by Crippen LogP contribution is 2.22. The standard InChI is InChI=1S/C16H24FNO2/c1-12(2)9-13-11-20-8-7-18(13)10-16(19)14-5-3-4-6-15(14)17/h3-6,12-13,16,19H,7-11H2,1-2H3. The average Bonchev–Trinajstić information content (AvgIpc) is 2.41. The molecular formula is C16H24FNO2. The van der Waals surface area contributed by atoms with Gasteiger partial charge >= 0.3 is 0 Å². The summed E-state index contributed by atoms with van der Waals surface area (Å²) in [7, 11) is 0. The molecule has 112 valence electrons. The topological polar surface area (TPSA) is 32.7 Å². The highest BCUT2D eigenvalue weighted by atomic mass is 19.1. The maximum Gasteiger partial charge on any atom is 0.129 e. The Bertz CT molecular complexity index is 425. The summed E-state index contributed by atoms with van der Waals surface area (Å²) in [5.41, 5.74) is 0.377. The van der Waals surface area contributed by atoms with Crippen molar-refractivity contribution in [1.82, 2.24) is 4.90 Å². The maximum absolute atomic E-state index is 13.7. The fourth-order valence-corrected chi connectivity index (χ4v) is 2.76. The lowest BCUT2D eigenvalue weighted by Crippen LogP contribution is -2.47. The van der Waals surface area contributed by atoms with Crippen molar-refractivity contribution in [2.24, 2.45) is 5.92 Å². The third-order valence-electron chi connectivity index (χ3n) is 3.76. The van der Waals surface area contributed by atoms with Crippen molar-refractivity contribution in [3.05, 3.63) is 35.6 Å². The predicted molar refractivity (Wildman–Crippen MR) is 77.0 cm³/mol. The number of nitrogens with zero attached hydrogens (tertiary/aromatic N) is 1. The Balaban J connectivity index is 2.01. The number of halogens is 1. The number of aliphatic hydroxyl groups excluding tert-OH is 1.